The van der Waals surface area contributed by atoms with Crippen LogP contribution < -0.4 is 0 Å². The Morgan fingerprint density at radius 2 is 1.62 bits per heavy atom. The minimum Gasteiger partial charge on any atom is -0.465 e. The molecule has 1 aliphatic rings. The summed E-state index contributed by atoms with van der Waals surface area (Å²) < 4.78 is 0. The number of carbonyl (C=O) groups excluding carboxylic acids is 2. The zero-order valence-corrected chi connectivity index (χ0v) is 12.3. The molecule has 112 valence electrons. The molecular formula is C15H18N2O4. The predicted molar refractivity (Wildman–Crippen MR) is 76.3 cm³/mol. The number of hydrogen-bond donors (Lipinski definition) is 1. The van der Waals surface area contributed by atoms with Crippen LogP contribution in [0.25, 0.3) is 0 Å². The molecule has 0 saturated carbocycles. The summed E-state index contributed by atoms with van der Waals surface area (Å²) in [5.41, 5.74) is 0.157. The minimum atomic E-state index is -1.07. The van der Waals surface area contributed by atoms with Gasteiger partial charge in [0.25, 0.3) is 11.8 Å². The molecule has 0 atom stereocenters. The van der Waals surface area contributed by atoms with Gasteiger partial charge < -0.3 is 10.0 Å². The van der Waals surface area contributed by atoms with Gasteiger partial charge in [-0.1, -0.05) is 12.1 Å². The van der Waals surface area contributed by atoms with Gasteiger partial charge in [0.05, 0.1) is 11.1 Å². The molecule has 2 rings (SSSR count). The SMILES string of the molecule is CC(C)(C)N(CCN1C(=O)c2ccccc2C1=O)C(=O)O. The summed E-state index contributed by atoms with van der Waals surface area (Å²) in [6.07, 6.45) is -1.07. The van der Waals surface area contributed by atoms with Gasteiger partial charge in [-0.15, -0.1) is 0 Å². The highest BCUT2D eigenvalue weighted by Crippen LogP contribution is 2.22. The molecule has 1 aromatic rings. The number of imide groups is 1. The van der Waals surface area contributed by atoms with Gasteiger partial charge in [0.2, 0.25) is 0 Å². The van der Waals surface area contributed by atoms with Crippen LogP contribution in [0, 0.1) is 0 Å². The molecule has 0 spiro atoms. The maximum atomic E-state index is 12.2. The molecule has 0 radical (unpaired) electrons. The van der Waals surface area contributed by atoms with Crippen LogP contribution in [0.15, 0.2) is 24.3 Å². The van der Waals surface area contributed by atoms with Crippen molar-refractivity contribution < 1.29 is 19.5 Å². The summed E-state index contributed by atoms with van der Waals surface area (Å²) in [6.45, 7) is 5.44. The van der Waals surface area contributed by atoms with E-state index in [0.29, 0.717) is 11.1 Å². The second kappa shape index (κ2) is 5.20. The second-order valence-corrected chi connectivity index (χ2v) is 5.91. The lowest BCUT2D eigenvalue weighted by Crippen LogP contribution is -2.49. The van der Waals surface area contributed by atoms with Crippen molar-refractivity contribution >= 4 is 17.9 Å². The molecule has 0 unspecified atom stereocenters. The number of rotatable bonds is 3. The fourth-order valence-corrected chi connectivity index (χ4v) is 2.36. The predicted octanol–water partition coefficient (Wildman–Crippen LogP) is 2.06. The maximum Gasteiger partial charge on any atom is 0.407 e. The summed E-state index contributed by atoms with van der Waals surface area (Å²) in [6, 6.07) is 6.61. The van der Waals surface area contributed by atoms with E-state index in [4.69, 9.17) is 0 Å². The van der Waals surface area contributed by atoms with Gasteiger partial charge in [-0.3, -0.25) is 14.5 Å². The van der Waals surface area contributed by atoms with Gasteiger partial charge in [0, 0.05) is 18.6 Å². The normalized spacial score (nSPS) is 14.3. The lowest BCUT2D eigenvalue weighted by Gasteiger charge is -2.34. The lowest BCUT2D eigenvalue weighted by atomic mass is 10.1. The smallest absolute Gasteiger partial charge is 0.407 e. The van der Waals surface area contributed by atoms with Crippen LogP contribution in [-0.4, -0.2) is 51.4 Å². The standard InChI is InChI=1S/C15H18N2O4/c1-15(2,3)17(14(20)21)9-8-16-12(18)10-6-4-5-7-11(10)13(16)19/h4-7H,8-9H2,1-3H3,(H,20,21). The highest BCUT2D eigenvalue weighted by atomic mass is 16.4. The quantitative estimate of drug-likeness (QED) is 0.864. The Hall–Kier alpha value is -2.37. The zero-order valence-electron chi connectivity index (χ0n) is 12.3. The van der Waals surface area contributed by atoms with Crippen LogP contribution in [-0.2, 0) is 0 Å². The zero-order chi connectivity index (χ0) is 15.8. The molecular weight excluding hydrogens is 272 g/mol. The third-order valence-corrected chi connectivity index (χ3v) is 3.47. The van der Waals surface area contributed by atoms with Crippen LogP contribution in [0.1, 0.15) is 41.5 Å². The van der Waals surface area contributed by atoms with Crippen molar-refractivity contribution in [1.29, 1.82) is 0 Å². The average Bonchev–Trinajstić information content (AvgIpc) is 2.62. The van der Waals surface area contributed by atoms with Crippen molar-refractivity contribution in [3.05, 3.63) is 35.4 Å². The maximum absolute atomic E-state index is 12.2. The molecule has 0 aliphatic carbocycles. The highest BCUT2D eigenvalue weighted by molar-refractivity contribution is 6.21. The fraction of sp³-hybridized carbons (Fsp3) is 0.400. The van der Waals surface area contributed by atoms with Crippen LogP contribution >= 0.6 is 0 Å². The molecule has 1 aliphatic heterocycles. The number of hydrogen-bond acceptors (Lipinski definition) is 3. The molecule has 3 amide bonds. The first-order valence-electron chi connectivity index (χ1n) is 6.69. The number of carboxylic acid groups (broad SMARTS) is 1. The monoisotopic (exact) mass is 290 g/mol. The Balaban J connectivity index is 2.14. The van der Waals surface area contributed by atoms with Gasteiger partial charge in [-0.2, -0.15) is 0 Å². The van der Waals surface area contributed by atoms with Crippen LogP contribution in [0.3, 0.4) is 0 Å². The third-order valence-electron chi connectivity index (χ3n) is 3.47. The van der Waals surface area contributed by atoms with E-state index in [9.17, 15) is 19.5 Å². The summed E-state index contributed by atoms with van der Waals surface area (Å²) in [4.78, 5) is 37.9. The van der Waals surface area contributed by atoms with Crippen LogP contribution in [0.4, 0.5) is 4.79 Å². The van der Waals surface area contributed by atoms with E-state index < -0.39 is 11.6 Å². The Labute approximate surface area is 123 Å². The summed E-state index contributed by atoms with van der Waals surface area (Å²) in [5, 5.41) is 9.23. The van der Waals surface area contributed by atoms with E-state index in [1.807, 2.05) is 0 Å². The minimum absolute atomic E-state index is 0.0515. The van der Waals surface area contributed by atoms with E-state index in [2.05, 4.69) is 0 Å². The molecule has 6 heteroatoms. The van der Waals surface area contributed by atoms with Gasteiger partial charge in [-0.05, 0) is 32.9 Å². The molecule has 6 nitrogen and oxygen atoms in total. The highest BCUT2D eigenvalue weighted by Gasteiger charge is 2.36. The molecule has 0 saturated heterocycles. The number of fused-ring (bicyclic) bond motifs is 1. The van der Waals surface area contributed by atoms with E-state index in [1.165, 1.54) is 4.90 Å². The Kier molecular flexibility index (Phi) is 3.72. The molecule has 0 fully saturated rings. The number of benzene rings is 1. The summed E-state index contributed by atoms with van der Waals surface area (Å²) in [5.74, 6) is -0.732. The van der Waals surface area contributed by atoms with Gasteiger partial charge in [0.15, 0.2) is 0 Å². The largest absolute Gasteiger partial charge is 0.465 e. The molecule has 0 aromatic heterocycles. The van der Waals surface area contributed by atoms with Crippen molar-refractivity contribution in [2.45, 2.75) is 26.3 Å². The summed E-state index contributed by atoms with van der Waals surface area (Å²) in [7, 11) is 0. The average molecular weight is 290 g/mol. The first-order valence-corrected chi connectivity index (χ1v) is 6.69. The van der Waals surface area contributed by atoms with E-state index in [1.54, 1.807) is 45.0 Å². The van der Waals surface area contributed by atoms with E-state index in [-0.39, 0.29) is 24.9 Å². The Bertz CT molecular complexity index is 569. The Morgan fingerprint density at radius 1 is 1.14 bits per heavy atom. The number of amides is 3. The first kappa shape index (κ1) is 15.0. The lowest BCUT2D eigenvalue weighted by molar-refractivity contribution is 0.0584. The molecule has 1 aromatic carbocycles. The van der Waals surface area contributed by atoms with E-state index in [0.717, 1.165) is 4.90 Å². The van der Waals surface area contributed by atoms with Crippen LogP contribution in [0.5, 0.6) is 0 Å². The van der Waals surface area contributed by atoms with Crippen molar-refractivity contribution in [2.24, 2.45) is 0 Å². The van der Waals surface area contributed by atoms with Crippen LogP contribution in [0.2, 0.25) is 0 Å². The second-order valence-electron chi connectivity index (χ2n) is 5.91. The van der Waals surface area contributed by atoms with Gasteiger partial charge >= 0.3 is 6.09 Å². The molecule has 1 N–H and O–H groups in total. The van der Waals surface area contributed by atoms with Crippen molar-refractivity contribution in [2.75, 3.05) is 13.1 Å². The topological polar surface area (TPSA) is 77.9 Å². The number of carbonyl (C=O) groups is 3. The van der Waals surface area contributed by atoms with E-state index >= 15 is 0 Å². The van der Waals surface area contributed by atoms with Gasteiger partial charge in [0.1, 0.15) is 0 Å². The van der Waals surface area contributed by atoms with Crippen molar-refractivity contribution in [1.82, 2.24) is 9.80 Å². The fourth-order valence-electron chi connectivity index (χ4n) is 2.36. The molecule has 1 heterocycles. The van der Waals surface area contributed by atoms with Crippen molar-refractivity contribution in [3.63, 3.8) is 0 Å². The molecule has 21 heavy (non-hydrogen) atoms. The first-order chi connectivity index (χ1) is 9.73. The summed E-state index contributed by atoms with van der Waals surface area (Å²) >= 11 is 0. The van der Waals surface area contributed by atoms with Gasteiger partial charge in [-0.25, -0.2) is 4.79 Å². The third kappa shape index (κ3) is 2.74. The molecule has 0 bridgehead atoms. The van der Waals surface area contributed by atoms with Crippen molar-refractivity contribution in [3.8, 4) is 0 Å². The number of nitrogens with zero attached hydrogens (tertiary/aromatic N) is 2. The Morgan fingerprint density at radius 3 is 2.00 bits per heavy atom.